The highest BCUT2D eigenvalue weighted by atomic mass is 16.6. The molecule has 5 atom stereocenters. The molecule has 9 nitrogen and oxygen atoms in total. The van der Waals surface area contributed by atoms with E-state index in [0.717, 1.165) is 91.4 Å². The number of hydrogen-bond donors (Lipinski definition) is 0. The van der Waals surface area contributed by atoms with E-state index in [2.05, 4.69) is 126 Å². The van der Waals surface area contributed by atoms with E-state index in [4.69, 9.17) is 28.4 Å². The van der Waals surface area contributed by atoms with E-state index < -0.39 is 17.7 Å². The smallest absolute Gasteiger partial charge is 0.333 e. The van der Waals surface area contributed by atoms with E-state index in [9.17, 15) is 4.79 Å². The van der Waals surface area contributed by atoms with Crippen molar-refractivity contribution in [2.24, 2.45) is 11.8 Å². The summed E-state index contributed by atoms with van der Waals surface area (Å²) in [5.74, 6) is 3.32. The van der Waals surface area contributed by atoms with Gasteiger partial charge < -0.3 is 38.2 Å². The van der Waals surface area contributed by atoms with Gasteiger partial charge in [-0.15, -0.1) is 0 Å². The number of hydrogen-bond acceptors (Lipinski definition) is 9. The number of carbonyl (C=O) groups excluding carboxylic acids is 1. The Labute approximate surface area is 418 Å². The number of carbonyl (C=O) groups is 1. The fourth-order valence-corrected chi connectivity index (χ4v) is 13.0. The summed E-state index contributed by atoms with van der Waals surface area (Å²) in [6.07, 6.45) is 11.8. The maximum absolute atomic E-state index is 12.2. The molecule has 4 fully saturated rings. The van der Waals surface area contributed by atoms with Gasteiger partial charge in [-0.05, 0) is 126 Å². The zero-order valence-electron chi connectivity index (χ0n) is 41.3. The van der Waals surface area contributed by atoms with Crippen molar-refractivity contribution in [3.05, 3.63) is 155 Å². The average Bonchev–Trinajstić information content (AvgIpc) is 3.96. The zero-order chi connectivity index (χ0) is 48.3. The summed E-state index contributed by atoms with van der Waals surface area (Å²) in [7, 11) is 1.78. The van der Waals surface area contributed by atoms with Crippen molar-refractivity contribution in [3.8, 4) is 39.5 Å². The molecule has 0 N–H and O–H groups in total. The largest absolute Gasteiger partial charge is 0.496 e. The topological polar surface area (TPSA) is 78.9 Å². The molecule has 71 heavy (non-hydrogen) atoms. The van der Waals surface area contributed by atoms with E-state index in [0.29, 0.717) is 36.4 Å². The Morgan fingerprint density at radius 2 is 1.37 bits per heavy atom. The first-order valence-electron chi connectivity index (χ1n) is 25.9. The van der Waals surface area contributed by atoms with Crippen molar-refractivity contribution in [2.45, 2.75) is 69.5 Å². The van der Waals surface area contributed by atoms with Crippen LogP contribution in [0.4, 0.5) is 11.4 Å². The van der Waals surface area contributed by atoms with Crippen LogP contribution >= 0.6 is 0 Å². The Morgan fingerprint density at radius 3 is 1.99 bits per heavy atom. The molecular weight excluding hydrogens is 885 g/mol. The number of ether oxygens (including phenoxy) is 6. The van der Waals surface area contributed by atoms with Gasteiger partial charge >= 0.3 is 5.97 Å². The van der Waals surface area contributed by atoms with Crippen LogP contribution in [0.15, 0.2) is 127 Å². The SMILES string of the molecule is C=C(C)C(=O)OC(C)COc1ccc(C2(c3ccc(N4CCOCC4)cc3)C=Cc3c4c(c5cc(-c6ccc(N7CCOCC7)cc6)c(OC)cc5c3O2)-c2ccccc2C42CC3CCCC[C@@H]3C2)cc1. The first-order valence-corrected chi connectivity index (χ1v) is 25.9. The van der Waals surface area contributed by atoms with Gasteiger partial charge in [0.25, 0.3) is 0 Å². The Bertz CT molecular complexity index is 3010. The Morgan fingerprint density at radius 1 is 0.761 bits per heavy atom. The van der Waals surface area contributed by atoms with Crippen LogP contribution in [0, 0.1) is 11.8 Å². The summed E-state index contributed by atoms with van der Waals surface area (Å²) < 4.78 is 37.5. The lowest BCUT2D eigenvalue weighted by Crippen LogP contribution is -2.37. The molecular formula is C62H64N2O7. The quantitative estimate of drug-likeness (QED) is 0.0932. The predicted molar refractivity (Wildman–Crippen MR) is 282 cm³/mol. The van der Waals surface area contributed by atoms with Gasteiger partial charge in [0.1, 0.15) is 30.0 Å². The molecule has 1 spiro atoms. The molecule has 6 aliphatic rings. The number of anilines is 2. The van der Waals surface area contributed by atoms with E-state index >= 15 is 0 Å². The highest BCUT2D eigenvalue weighted by Crippen LogP contribution is 2.66. The monoisotopic (exact) mass is 948 g/mol. The van der Waals surface area contributed by atoms with Crippen LogP contribution in [-0.2, 0) is 30.0 Å². The molecule has 3 heterocycles. The zero-order valence-corrected chi connectivity index (χ0v) is 41.3. The van der Waals surface area contributed by atoms with Crippen LogP contribution in [0.5, 0.6) is 17.2 Å². The van der Waals surface area contributed by atoms with Crippen molar-refractivity contribution >= 4 is 34.2 Å². The van der Waals surface area contributed by atoms with Crippen LogP contribution in [0.1, 0.15) is 80.2 Å². The lowest BCUT2D eigenvalue weighted by Gasteiger charge is -2.39. The predicted octanol–water partition coefficient (Wildman–Crippen LogP) is 12.3. The molecule has 0 aromatic heterocycles. The van der Waals surface area contributed by atoms with Crippen molar-refractivity contribution in [2.75, 3.05) is 76.1 Å². The maximum atomic E-state index is 12.2. The van der Waals surface area contributed by atoms with Gasteiger partial charge in [-0.2, -0.15) is 0 Å². The number of rotatable bonds is 11. The van der Waals surface area contributed by atoms with Crippen molar-refractivity contribution in [1.82, 2.24) is 0 Å². The minimum absolute atomic E-state index is 0.133. The molecule has 6 aromatic rings. The molecule has 2 saturated heterocycles. The lowest BCUT2D eigenvalue weighted by atomic mass is 9.72. The van der Waals surface area contributed by atoms with E-state index in [1.165, 1.54) is 70.3 Å². The minimum Gasteiger partial charge on any atom is -0.496 e. The molecule has 9 heteroatoms. The van der Waals surface area contributed by atoms with Gasteiger partial charge in [0.05, 0.1) is 33.5 Å². The third kappa shape index (κ3) is 7.96. The van der Waals surface area contributed by atoms with Crippen LogP contribution < -0.4 is 24.0 Å². The standard InChI is InChI=1S/C62H64N2O7/c1-40(2)60(65)70-41(3)39-69-49-23-17-46(18-24-49)62(45-15-21-48(22-16-45)64-29-33-68-34-30-64)26-25-51-58-57(50-11-7-8-12-55(50)61(58)37-43-9-5-6-10-44(43)38-61)53-35-52(56(66-4)36-54(53)59(51)71-62)42-13-19-47(20-14-42)63-27-31-67-32-28-63/h7-8,11-26,35-36,41,43-44H,1,5-6,9-10,27-34,37-39H2,2-4H3/t41?,43-,44?,61?,62?/m1/s1. The number of fused-ring (bicyclic) bond motifs is 11. The number of esters is 1. The Balaban J connectivity index is 1.03. The summed E-state index contributed by atoms with van der Waals surface area (Å²) in [5.41, 5.74) is 12.5. The molecule has 6 aromatic carbocycles. The van der Waals surface area contributed by atoms with Crippen molar-refractivity contribution < 1.29 is 33.2 Å². The summed E-state index contributed by atoms with van der Waals surface area (Å²) in [5, 5.41) is 2.21. The van der Waals surface area contributed by atoms with Gasteiger partial charge in [0.2, 0.25) is 0 Å². The molecule has 4 unspecified atom stereocenters. The maximum Gasteiger partial charge on any atom is 0.333 e. The number of methoxy groups -OCH3 is 1. The molecule has 3 aliphatic carbocycles. The van der Waals surface area contributed by atoms with Crippen LogP contribution in [0.2, 0.25) is 0 Å². The first-order chi connectivity index (χ1) is 34.7. The second kappa shape index (κ2) is 18.6. The highest BCUT2D eigenvalue weighted by molar-refractivity contribution is 6.11. The molecule has 2 saturated carbocycles. The van der Waals surface area contributed by atoms with E-state index in [1.54, 1.807) is 14.0 Å². The lowest BCUT2D eigenvalue weighted by molar-refractivity contribution is -0.144. The van der Waals surface area contributed by atoms with Crippen molar-refractivity contribution in [3.63, 3.8) is 0 Å². The van der Waals surface area contributed by atoms with Crippen LogP contribution in [-0.4, -0.2) is 78.4 Å². The average molecular weight is 949 g/mol. The number of morpholine rings is 2. The first kappa shape index (κ1) is 45.6. The van der Waals surface area contributed by atoms with Crippen molar-refractivity contribution in [1.29, 1.82) is 0 Å². The van der Waals surface area contributed by atoms with Crippen LogP contribution in [0.3, 0.4) is 0 Å². The number of nitrogens with zero attached hydrogens (tertiary/aromatic N) is 2. The normalized spacial score (nSPS) is 23.6. The molecule has 0 amide bonds. The van der Waals surface area contributed by atoms with E-state index in [-0.39, 0.29) is 12.0 Å². The summed E-state index contributed by atoms with van der Waals surface area (Å²) in [6, 6.07) is 40.0. The summed E-state index contributed by atoms with van der Waals surface area (Å²) in [6.45, 7) is 13.8. The second-order valence-electron chi connectivity index (χ2n) is 20.7. The Hall–Kier alpha value is -6.55. The molecule has 364 valence electrons. The molecule has 12 rings (SSSR count). The summed E-state index contributed by atoms with van der Waals surface area (Å²) >= 11 is 0. The molecule has 0 bridgehead atoms. The summed E-state index contributed by atoms with van der Waals surface area (Å²) in [4.78, 5) is 17.0. The fourth-order valence-electron chi connectivity index (χ4n) is 13.0. The van der Waals surface area contributed by atoms with Gasteiger partial charge in [-0.1, -0.05) is 99.0 Å². The van der Waals surface area contributed by atoms with Gasteiger partial charge in [0.15, 0.2) is 5.60 Å². The second-order valence-corrected chi connectivity index (χ2v) is 20.7. The van der Waals surface area contributed by atoms with E-state index in [1.807, 2.05) is 19.1 Å². The molecule has 0 radical (unpaired) electrons. The van der Waals surface area contributed by atoms with Gasteiger partial charge in [0, 0.05) is 76.2 Å². The minimum atomic E-state index is -1.01. The van der Waals surface area contributed by atoms with Gasteiger partial charge in [-0.25, -0.2) is 4.79 Å². The van der Waals surface area contributed by atoms with Crippen LogP contribution in [0.25, 0.3) is 39.1 Å². The molecule has 3 aliphatic heterocycles. The Kier molecular flexibility index (Phi) is 11.9. The fraction of sp³-hybridized carbons (Fsp3) is 0.371. The third-order valence-corrected chi connectivity index (χ3v) is 16.5. The van der Waals surface area contributed by atoms with Gasteiger partial charge in [-0.3, -0.25) is 0 Å². The number of benzene rings is 6. The third-order valence-electron chi connectivity index (χ3n) is 16.5. The highest BCUT2D eigenvalue weighted by Gasteiger charge is 2.55.